The molecule has 0 fully saturated rings. The second-order valence-electron chi connectivity index (χ2n) is 4.47. The first-order chi connectivity index (χ1) is 10.7. The van der Waals surface area contributed by atoms with Crippen molar-refractivity contribution >= 4 is 23.3 Å². The molecule has 2 aromatic heterocycles. The highest BCUT2D eigenvalue weighted by molar-refractivity contribution is 6.31. The number of nitrogens with one attached hydrogen (secondary N) is 1. The summed E-state index contributed by atoms with van der Waals surface area (Å²) < 4.78 is 0. The number of hydrogen-bond acceptors (Lipinski definition) is 4. The van der Waals surface area contributed by atoms with E-state index in [2.05, 4.69) is 20.3 Å². The fourth-order valence-electron chi connectivity index (χ4n) is 1.86. The van der Waals surface area contributed by atoms with E-state index in [0.29, 0.717) is 22.1 Å². The molecule has 0 bridgehead atoms. The molecule has 108 valence electrons. The van der Waals surface area contributed by atoms with E-state index in [1.54, 1.807) is 36.7 Å². The van der Waals surface area contributed by atoms with Crippen molar-refractivity contribution in [2.45, 2.75) is 0 Å². The van der Waals surface area contributed by atoms with Crippen LogP contribution < -0.4 is 5.32 Å². The summed E-state index contributed by atoms with van der Waals surface area (Å²) in [6, 6.07) is 12.2. The maximum atomic E-state index is 12.1. The average molecular weight is 311 g/mol. The Bertz CT molecular complexity index is 791. The predicted molar refractivity (Wildman–Crippen MR) is 84.7 cm³/mol. The second-order valence-corrected chi connectivity index (χ2v) is 4.90. The molecule has 22 heavy (non-hydrogen) atoms. The Morgan fingerprint density at radius 1 is 0.955 bits per heavy atom. The smallest absolute Gasteiger partial charge is 0.256 e. The maximum absolute atomic E-state index is 12.1. The van der Waals surface area contributed by atoms with Gasteiger partial charge in [-0.1, -0.05) is 23.7 Å². The van der Waals surface area contributed by atoms with Gasteiger partial charge in [0.15, 0.2) is 5.82 Å². The van der Waals surface area contributed by atoms with Gasteiger partial charge >= 0.3 is 0 Å². The second kappa shape index (κ2) is 6.32. The molecule has 1 amide bonds. The van der Waals surface area contributed by atoms with Crippen molar-refractivity contribution < 1.29 is 4.79 Å². The molecule has 0 atom stereocenters. The van der Waals surface area contributed by atoms with Crippen LogP contribution in [0, 0.1) is 0 Å². The summed E-state index contributed by atoms with van der Waals surface area (Å²) in [6.45, 7) is 0. The first kappa shape index (κ1) is 14.2. The van der Waals surface area contributed by atoms with Gasteiger partial charge in [0.2, 0.25) is 0 Å². The summed E-state index contributed by atoms with van der Waals surface area (Å²) >= 11 is 5.87. The molecular formula is C16H11ClN4O. The normalized spacial score (nSPS) is 10.2. The van der Waals surface area contributed by atoms with E-state index >= 15 is 0 Å². The Morgan fingerprint density at radius 2 is 1.86 bits per heavy atom. The SMILES string of the molecule is O=C(Nc1cnc(-c2ccccn2)cn1)c1cccc(Cl)c1. The van der Waals surface area contributed by atoms with Gasteiger partial charge in [0.1, 0.15) is 5.69 Å². The lowest BCUT2D eigenvalue weighted by atomic mass is 10.2. The molecule has 0 saturated carbocycles. The number of nitrogens with zero attached hydrogens (tertiary/aromatic N) is 3. The molecule has 1 N–H and O–H groups in total. The summed E-state index contributed by atoms with van der Waals surface area (Å²) in [4.78, 5) is 24.7. The molecular weight excluding hydrogens is 300 g/mol. The van der Waals surface area contributed by atoms with Gasteiger partial charge in [0, 0.05) is 16.8 Å². The van der Waals surface area contributed by atoms with Gasteiger partial charge in [-0.2, -0.15) is 0 Å². The minimum atomic E-state index is -0.289. The van der Waals surface area contributed by atoms with E-state index in [1.807, 2.05) is 18.2 Å². The first-order valence-electron chi connectivity index (χ1n) is 6.53. The number of pyridine rings is 1. The van der Waals surface area contributed by atoms with Crippen LogP contribution in [0.25, 0.3) is 11.4 Å². The molecule has 0 radical (unpaired) electrons. The zero-order chi connectivity index (χ0) is 15.4. The van der Waals surface area contributed by atoms with E-state index in [4.69, 9.17) is 11.6 Å². The molecule has 0 unspecified atom stereocenters. The monoisotopic (exact) mass is 310 g/mol. The first-order valence-corrected chi connectivity index (χ1v) is 6.90. The summed E-state index contributed by atoms with van der Waals surface area (Å²) in [5.74, 6) is 0.0760. The van der Waals surface area contributed by atoms with Crippen LogP contribution in [0.2, 0.25) is 5.02 Å². The van der Waals surface area contributed by atoms with E-state index in [1.165, 1.54) is 6.20 Å². The number of anilines is 1. The molecule has 2 heterocycles. The van der Waals surface area contributed by atoms with Crippen molar-refractivity contribution in [3.05, 3.63) is 71.6 Å². The zero-order valence-corrected chi connectivity index (χ0v) is 12.2. The molecule has 3 aromatic rings. The average Bonchev–Trinajstić information content (AvgIpc) is 2.56. The third kappa shape index (κ3) is 3.27. The van der Waals surface area contributed by atoms with Gasteiger partial charge < -0.3 is 5.32 Å². The van der Waals surface area contributed by atoms with Gasteiger partial charge in [-0.15, -0.1) is 0 Å². The van der Waals surface area contributed by atoms with Crippen LogP contribution in [0.5, 0.6) is 0 Å². The van der Waals surface area contributed by atoms with E-state index in [-0.39, 0.29) is 5.91 Å². The number of hydrogen-bond donors (Lipinski definition) is 1. The van der Waals surface area contributed by atoms with Crippen molar-refractivity contribution in [3.8, 4) is 11.4 Å². The summed E-state index contributed by atoms with van der Waals surface area (Å²) in [7, 11) is 0. The minimum absolute atomic E-state index is 0.289. The number of benzene rings is 1. The van der Waals surface area contributed by atoms with Crippen molar-refractivity contribution in [2.24, 2.45) is 0 Å². The highest BCUT2D eigenvalue weighted by atomic mass is 35.5. The summed E-state index contributed by atoms with van der Waals surface area (Å²) in [5.41, 5.74) is 1.83. The van der Waals surface area contributed by atoms with E-state index < -0.39 is 0 Å². The molecule has 5 nitrogen and oxygen atoms in total. The fraction of sp³-hybridized carbons (Fsp3) is 0. The largest absolute Gasteiger partial charge is 0.305 e. The van der Waals surface area contributed by atoms with Crippen molar-refractivity contribution in [3.63, 3.8) is 0 Å². The standard InChI is InChI=1S/C16H11ClN4O/c17-12-5-3-4-11(8-12)16(22)21-15-10-19-14(9-20-15)13-6-1-2-7-18-13/h1-10H,(H,20,21,22). The Kier molecular flexibility index (Phi) is 4.07. The Labute approximate surface area is 132 Å². The number of carbonyl (C=O) groups excluding carboxylic acids is 1. The van der Waals surface area contributed by atoms with Crippen molar-refractivity contribution in [1.82, 2.24) is 15.0 Å². The number of amides is 1. The lowest BCUT2D eigenvalue weighted by Crippen LogP contribution is -2.13. The Morgan fingerprint density at radius 3 is 2.55 bits per heavy atom. The highest BCUT2D eigenvalue weighted by Crippen LogP contribution is 2.15. The summed E-state index contributed by atoms with van der Waals surface area (Å²) in [6.07, 6.45) is 4.74. The molecule has 0 saturated heterocycles. The molecule has 0 aliphatic rings. The third-order valence-corrected chi connectivity index (χ3v) is 3.14. The van der Waals surface area contributed by atoms with E-state index in [9.17, 15) is 4.79 Å². The van der Waals surface area contributed by atoms with Crippen LogP contribution in [-0.2, 0) is 0 Å². The molecule has 0 aliphatic heterocycles. The number of halogens is 1. The van der Waals surface area contributed by atoms with Crippen LogP contribution in [-0.4, -0.2) is 20.9 Å². The third-order valence-electron chi connectivity index (χ3n) is 2.91. The number of aromatic nitrogens is 3. The Balaban J connectivity index is 1.75. The van der Waals surface area contributed by atoms with Crippen molar-refractivity contribution in [2.75, 3.05) is 5.32 Å². The summed E-state index contributed by atoms with van der Waals surface area (Å²) in [5, 5.41) is 3.18. The van der Waals surface area contributed by atoms with Gasteiger partial charge in [0.05, 0.1) is 18.1 Å². The van der Waals surface area contributed by atoms with Crippen LogP contribution in [0.3, 0.4) is 0 Å². The van der Waals surface area contributed by atoms with Crippen molar-refractivity contribution in [1.29, 1.82) is 0 Å². The molecule has 6 heteroatoms. The van der Waals surface area contributed by atoms with Crippen LogP contribution >= 0.6 is 11.6 Å². The molecule has 1 aromatic carbocycles. The predicted octanol–water partition coefficient (Wildman–Crippen LogP) is 3.44. The Hall–Kier alpha value is -2.79. The zero-order valence-electron chi connectivity index (χ0n) is 11.4. The minimum Gasteiger partial charge on any atom is -0.305 e. The highest BCUT2D eigenvalue weighted by Gasteiger charge is 2.08. The lowest BCUT2D eigenvalue weighted by Gasteiger charge is -2.05. The maximum Gasteiger partial charge on any atom is 0.256 e. The van der Waals surface area contributed by atoms with Gasteiger partial charge in [-0.25, -0.2) is 9.97 Å². The number of carbonyl (C=O) groups is 1. The van der Waals surface area contributed by atoms with Gasteiger partial charge in [-0.05, 0) is 30.3 Å². The molecule has 0 spiro atoms. The van der Waals surface area contributed by atoms with Gasteiger partial charge in [0.25, 0.3) is 5.91 Å². The topological polar surface area (TPSA) is 67.8 Å². The quantitative estimate of drug-likeness (QED) is 0.804. The molecule has 3 rings (SSSR count). The van der Waals surface area contributed by atoms with Crippen LogP contribution in [0.1, 0.15) is 10.4 Å². The fourth-order valence-corrected chi connectivity index (χ4v) is 2.05. The van der Waals surface area contributed by atoms with Crippen LogP contribution in [0.15, 0.2) is 61.1 Å². The van der Waals surface area contributed by atoms with Gasteiger partial charge in [-0.3, -0.25) is 9.78 Å². The molecule has 0 aliphatic carbocycles. The van der Waals surface area contributed by atoms with E-state index in [0.717, 1.165) is 5.69 Å². The lowest BCUT2D eigenvalue weighted by molar-refractivity contribution is 0.102. The number of rotatable bonds is 3. The van der Waals surface area contributed by atoms with Crippen LogP contribution in [0.4, 0.5) is 5.82 Å².